The van der Waals surface area contributed by atoms with Crippen molar-refractivity contribution < 1.29 is 9.84 Å². The van der Waals surface area contributed by atoms with Crippen molar-refractivity contribution >= 4 is 0 Å². The predicted octanol–water partition coefficient (Wildman–Crippen LogP) is 1.68. The molecular formula is C13H19NO2. The van der Waals surface area contributed by atoms with E-state index in [1.54, 1.807) is 6.08 Å². The maximum absolute atomic E-state index is 8.84. The Kier molecular flexibility index (Phi) is 5.61. The van der Waals surface area contributed by atoms with E-state index in [2.05, 4.69) is 11.5 Å². The standard InChI is InChI=1S/C13H19NO2/c1-3-10-16-13-7-5-4-6-12(13)11-14(2)8-9-15/h3-7,15H,1,8-11H2,2H3. The Balaban J connectivity index is 2.66. The minimum absolute atomic E-state index is 0.173. The fraction of sp³-hybridized carbons (Fsp3) is 0.385. The number of ether oxygens (including phenoxy) is 1. The minimum Gasteiger partial charge on any atom is -0.489 e. The largest absolute Gasteiger partial charge is 0.489 e. The Morgan fingerprint density at radius 1 is 1.44 bits per heavy atom. The van der Waals surface area contributed by atoms with E-state index in [9.17, 15) is 0 Å². The summed E-state index contributed by atoms with van der Waals surface area (Å²) in [5, 5.41) is 8.84. The molecule has 0 aromatic heterocycles. The fourth-order valence-electron chi connectivity index (χ4n) is 1.46. The van der Waals surface area contributed by atoms with Crippen LogP contribution in [0.25, 0.3) is 0 Å². The Hall–Kier alpha value is -1.32. The van der Waals surface area contributed by atoms with Gasteiger partial charge in [0.2, 0.25) is 0 Å². The van der Waals surface area contributed by atoms with Gasteiger partial charge in [-0.2, -0.15) is 0 Å². The molecule has 1 rings (SSSR count). The summed E-state index contributed by atoms with van der Waals surface area (Å²) in [4.78, 5) is 2.05. The first-order valence-electron chi connectivity index (χ1n) is 5.39. The third-order valence-corrected chi connectivity index (χ3v) is 2.25. The van der Waals surface area contributed by atoms with Crippen LogP contribution < -0.4 is 4.74 Å². The van der Waals surface area contributed by atoms with E-state index in [0.717, 1.165) is 17.9 Å². The lowest BCUT2D eigenvalue weighted by Crippen LogP contribution is -2.21. The second-order valence-electron chi connectivity index (χ2n) is 3.67. The van der Waals surface area contributed by atoms with Gasteiger partial charge >= 0.3 is 0 Å². The van der Waals surface area contributed by atoms with Gasteiger partial charge in [-0.15, -0.1) is 0 Å². The van der Waals surface area contributed by atoms with E-state index < -0.39 is 0 Å². The number of para-hydroxylation sites is 1. The average molecular weight is 221 g/mol. The highest BCUT2D eigenvalue weighted by molar-refractivity contribution is 5.33. The van der Waals surface area contributed by atoms with Crippen LogP contribution in [0.4, 0.5) is 0 Å². The molecule has 0 aliphatic heterocycles. The van der Waals surface area contributed by atoms with Crippen LogP contribution in [-0.4, -0.2) is 36.8 Å². The molecule has 3 heteroatoms. The van der Waals surface area contributed by atoms with Crippen molar-refractivity contribution in [3.8, 4) is 5.75 Å². The van der Waals surface area contributed by atoms with Crippen molar-refractivity contribution in [2.75, 3.05) is 26.8 Å². The summed E-state index contributed by atoms with van der Waals surface area (Å²) in [5.74, 6) is 0.882. The highest BCUT2D eigenvalue weighted by Gasteiger charge is 2.05. The molecule has 1 aromatic rings. The van der Waals surface area contributed by atoms with Crippen molar-refractivity contribution in [1.29, 1.82) is 0 Å². The highest BCUT2D eigenvalue weighted by Crippen LogP contribution is 2.19. The summed E-state index contributed by atoms with van der Waals surface area (Å²) in [6.07, 6.45) is 1.73. The number of benzene rings is 1. The fourth-order valence-corrected chi connectivity index (χ4v) is 1.46. The predicted molar refractivity (Wildman–Crippen MR) is 65.6 cm³/mol. The molecular weight excluding hydrogens is 202 g/mol. The molecule has 0 fully saturated rings. The molecule has 0 atom stereocenters. The molecule has 0 unspecified atom stereocenters. The molecule has 0 saturated carbocycles. The molecule has 0 aliphatic rings. The number of hydrogen-bond acceptors (Lipinski definition) is 3. The number of aliphatic hydroxyl groups excluding tert-OH is 1. The van der Waals surface area contributed by atoms with Gasteiger partial charge in [0.05, 0.1) is 6.61 Å². The molecule has 0 saturated heterocycles. The Labute approximate surface area is 97.0 Å². The van der Waals surface area contributed by atoms with Gasteiger partial charge in [-0.3, -0.25) is 4.90 Å². The second-order valence-corrected chi connectivity index (χ2v) is 3.67. The number of likely N-dealkylation sites (N-methyl/N-ethyl adjacent to an activating group) is 1. The summed E-state index contributed by atoms with van der Waals surface area (Å²) in [6, 6.07) is 7.93. The molecule has 0 heterocycles. The van der Waals surface area contributed by atoms with Crippen molar-refractivity contribution in [2.45, 2.75) is 6.54 Å². The number of nitrogens with zero attached hydrogens (tertiary/aromatic N) is 1. The lowest BCUT2D eigenvalue weighted by molar-refractivity contribution is 0.215. The second kappa shape index (κ2) is 7.04. The first kappa shape index (κ1) is 12.7. The van der Waals surface area contributed by atoms with Gasteiger partial charge in [-0.05, 0) is 13.1 Å². The number of aliphatic hydroxyl groups is 1. The van der Waals surface area contributed by atoms with Crippen LogP contribution in [0.15, 0.2) is 36.9 Å². The van der Waals surface area contributed by atoms with Crippen LogP contribution >= 0.6 is 0 Å². The SMILES string of the molecule is C=CCOc1ccccc1CN(C)CCO. The van der Waals surface area contributed by atoms with Crippen LogP contribution in [0.3, 0.4) is 0 Å². The first-order valence-corrected chi connectivity index (χ1v) is 5.39. The third-order valence-electron chi connectivity index (χ3n) is 2.25. The van der Waals surface area contributed by atoms with Crippen LogP contribution in [0.5, 0.6) is 5.75 Å². The molecule has 88 valence electrons. The van der Waals surface area contributed by atoms with Crippen LogP contribution in [0.2, 0.25) is 0 Å². The van der Waals surface area contributed by atoms with E-state index >= 15 is 0 Å². The zero-order chi connectivity index (χ0) is 11.8. The first-order chi connectivity index (χ1) is 7.77. The monoisotopic (exact) mass is 221 g/mol. The van der Waals surface area contributed by atoms with E-state index in [-0.39, 0.29) is 6.61 Å². The molecule has 1 aromatic carbocycles. The Bertz CT molecular complexity index is 325. The molecule has 0 radical (unpaired) electrons. The normalized spacial score (nSPS) is 10.4. The average Bonchev–Trinajstić information content (AvgIpc) is 2.28. The van der Waals surface area contributed by atoms with Crippen molar-refractivity contribution in [3.05, 3.63) is 42.5 Å². The van der Waals surface area contributed by atoms with Gasteiger partial charge in [0.25, 0.3) is 0 Å². The Morgan fingerprint density at radius 3 is 2.88 bits per heavy atom. The van der Waals surface area contributed by atoms with Crippen LogP contribution in [-0.2, 0) is 6.54 Å². The maximum atomic E-state index is 8.84. The van der Waals surface area contributed by atoms with Gasteiger partial charge in [0, 0.05) is 18.7 Å². The zero-order valence-electron chi connectivity index (χ0n) is 9.72. The molecule has 16 heavy (non-hydrogen) atoms. The quantitative estimate of drug-likeness (QED) is 0.711. The number of rotatable bonds is 7. The Morgan fingerprint density at radius 2 is 2.19 bits per heavy atom. The maximum Gasteiger partial charge on any atom is 0.124 e. The van der Waals surface area contributed by atoms with E-state index in [1.165, 1.54) is 0 Å². The van der Waals surface area contributed by atoms with Gasteiger partial charge in [0.1, 0.15) is 12.4 Å². The molecule has 0 amide bonds. The topological polar surface area (TPSA) is 32.7 Å². The molecule has 3 nitrogen and oxygen atoms in total. The van der Waals surface area contributed by atoms with E-state index in [1.807, 2.05) is 31.3 Å². The van der Waals surface area contributed by atoms with Gasteiger partial charge in [0.15, 0.2) is 0 Å². The highest BCUT2D eigenvalue weighted by atomic mass is 16.5. The number of hydrogen-bond donors (Lipinski definition) is 1. The summed E-state index contributed by atoms with van der Waals surface area (Å²) < 4.78 is 5.56. The minimum atomic E-state index is 0.173. The smallest absolute Gasteiger partial charge is 0.124 e. The summed E-state index contributed by atoms with van der Waals surface area (Å²) in [5.41, 5.74) is 1.13. The van der Waals surface area contributed by atoms with Gasteiger partial charge in [-0.1, -0.05) is 30.9 Å². The third kappa shape index (κ3) is 4.04. The van der Waals surface area contributed by atoms with Crippen LogP contribution in [0, 0.1) is 0 Å². The van der Waals surface area contributed by atoms with E-state index in [4.69, 9.17) is 9.84 Å². The molecule has 0 aliphatic carbocycles. The molecule has 1 N–H and O–H groups in total. The summed E-state index contributed by atoms with van der Waals surface area (Å²) >= 11 is 0. The van der Waals surface area contributed by atoms with Crippen molar-refractivity contribution in [1.82, 2.24) is 4.90 Å². The lowest BCUT2D eigenvalue weighted by atomic mass is 10.2. The zero-order valence-corrected chi connectivity index (χ0v) is 9.72. The van der Waals surface area contributed by atoms with E-state index in [0.29, 0.717) is 13.2 Å². The van der Waals surface area contributed by atoms with Crippen molar-refractivity contribution in [2.24, 2.45) is 0 Å². The lowest BCUT2D eigenvalue weighted by Gasteiger charge is -2.17. The summed E-state index contributed by atoms with van der Waals surface area (Å²) in [6.45, 7) is 5.75. The van der Waals surface area contributed by atoms with Gasteiger partial charge in [-0.25, -0.2) is 0 Å². The van der Waals surface area contributed by atoms with Gasteiger partial charge < -0.3 is 9.84 Å². The van der Waals surface area contributed by atoms with Crippen molar-refractivity contribution in [3.63, 3.8) is 0 Å². The molecule has 0 bridgehead atoms. The molecule has 0 spiro atoms. The van der Waals surface area contributed by atoms with Crippen LogP contribution in [0.1, 0.15) is 5.56 Å². The summed E-state index contributed by atoms with van der Waals surface area (Å²) in [7, 11) is 1.97.